The van der Waals surface area contributed by atoms with Crippen molar-refractivity contribution in [1.29, 1.82) is 0 Å². The summed E-state index contributed by atoms with van der Waals surface area (Å²) in [5.74, 6) is 0.165. The number of amides is 1. The largest absolute Gasteiger partial charge is 0.445 e. The van der Waals surface area contributed by atoms with E-state index in [4.69, 9.17) is 4.74 Å². The molecule has 102 valence electrons. The Balaban J connectivity index is 1.69. The summed E-state index contributed by atoms with van der Waals surface area (Å²) in [7, 11) is 0. The first-order valence-corrected chi connectivity index (χ1v) is 6.70. The average molecular weight is 261 g/mol. The van der Waals surface area contributed by atoms with Crippen molar-refractivity contribution < 1.29 is 14.3 Å². The first-order valence-electron chi connectivity index (χ1n) is 6.70. The molecule has 1 N–H and O–H groups in total. The topological polar surface area (TPSA) is 55.4 Å². The molecule has 1 aliphatic carbocycles. The fourth-order valence-electron chi connectivity index (χ4n) is 2.33. The molecule has 0 radical (unpaired) electrons. The fraction of sp³-hybridized carbons (Fsp3) is 0.467. The molecule has 4 nitrogen and oxygen atoms in total. The number of benzene rings is 1. The zero-order chi connectivity index (χ0) is 13.5. The molecule has 1 amide bonds. The van der Waals surface area contributed by atoms with E-state index in [1.807, 2.05) is 30.3 Å². The first kappa shape index (κ1) is 13.6. The van der Waals surface area contributed by atoms with E-state index in [1.165, 1.54) is 0 Å². The third-order valence-corrected chi connectivity index (χ3v) is 3.50. The van der Waals surface area contributed by atoms with Gasteiger partial charge in [-0.05, 0) is 31.2 Å². The third kappa shape index (κ3) is 4.39. The lowest BCUT2D eigenvalue weighted by molar-refractivity contribution is -0.111. The number of hydrogen-bond acceptors (Lipinski definition) is 3. The van der Waals surface area contributed by atoms with E-state index >= 15 is 0 Å². The molecular formula is C15H19NO3. The molecular weight excluding hydrogens is 242 g/mol. The number of rotatable bonds is 4. The van der Waals surface area contributed by atoms with Gasteiger partial charge in [0.15, 0.2) is 0 Å². The van der Waals surface area contributed by atoms with Crippen LogP contribution in [0, 0.1) is 5.92 Å². The van der Waals surface area contributed by atoms with Crippen LogP contribution in [-0.2, 0) is 16.1 Å². The van der Waals surface area contributed by atoms with Crippen LogP contribution in [0.2, 0.25) is 0 Å². The summed E-state index contributed by atoms with van der Waals surface area (Å²) in [6, 6.07) is 9.73. The molecule has 1 aromatic rings. The summed E-state index contributed by atoms with van der Waals surface area (Å²) < 4.78 is 5.16. The predicted molar refractivity (Wildman–Crippen MR) is 71.6 cm³/mol. The van der Waals surface area contributed by atoms with E-state index in [0.717, 1.165) is 37.5 Å². The van der Waals surface area contributed by atoms with Crippen molar-refractivity contribution in [2.24, 2.45) is 5.92 Å². The number of carbonyl (C=O) groups excluding carboxylic acids is 2. The van der Waals surface area contributed by atoms with Crippen molar-refractivity contribution in [3.63, 3.8) is 0 Å². The highest BCUT2D eigenvalue weighted by molar-refractivity contribution is 5.67. The van der Waals surface area contributed by atoms with E-state index in [0.29, 0.717) is 0 Å². The summed E-state index contributed by atoms with van der Waals surface area (Å²) in [6.45, 7) is 0.288. The lowest BCUT2D eigenvalue weighted by Gasteiger charge is -2.25. The molecule has 0 saturated heterocycles. The summed E-state index contributed by atoms with van der Waals surface area (Å²) >= 11 is 0. The van der Waals surface area contributed by atoms with Gasteiger partial charge in [-0.25, -0.2) is 4.79 Å². The Morgan fingerprint density at radius 2 is 1.89 bits per heavy atom. The summed E-state index contributed by atoms with van der Waals surface area (Å²) in [5.41, 5.74) is 0.974. The minimum absolute atomic E-state index is 0.138. The first-order chi connectivity index (χ1) is 9.28. The summed E-state index contributed by atoms with van der Waals surface area (Å²) in [4.78, 5) is 22.3. The second-order valence-corrected chi connectivity index (χ2v) is 4.95. The molecule has 2 rings (SSSR count). The van der Waals surface area contributed by atoms with E-state index in [1.54, 1.807) is 0 Å². The van der Waals surface area contributed by atoms with Crippen LogP contribution in [-0.4, -0.2) is 18.4 Å². The van der Waals surface area contributed by atoms with Gasteiger partial charge in [0.2, 0.25) is 0 Å². The number of ether oxygens (including phenoxy) is 1. The summed E-state index contributed by atoms with van der Waals surface area (Å²) in [5, 5.41) is 2.86. The molecule has 1 saturated carbocycles. The highest BCUT2D eigenvalue weighted by Crippen LogP contribution is 2.22. The second-order valence-electron chi connectivity index (χ2n) is 4.95. The molecule has 0 aliphatic heterocycles. The van der Waals surface area contributed by atoms with Crippen molar-refractivity contribution in [2.45, 2.75) is 38.3 Å². The van der Waals surface area contributed by atoms with E-state index in [-0.39, 0.29) is 24.7 Å². The zero-order valence-corrected chi connectivity index (χ0v) is 10.9. The number of alkyl carbamates (subject to hydrolysis) is 1. The van der Waals surface area contributed by atoms with Crippen molar-refractivity contribution in [2.75, 3.05) is 0 Å². The van der Waals surface area contributed by atoms with Crippen molar-refractivity contribution in [3.05, 3.63) is 35.9 Å². The molecule has 1 fully saturated rings. The Kier molecular flexibility index (Phi) is 4.95. The second kappa shape index (κ2) is 6.92. The van der Waals surface area contributed by atoms with Gasteiger partial charge in [0, 0.05) is 12.0 Å². The van der Waals surface area contributed by atoms with Crippen LogP contribution in [0.5, 0.6) is 0 Å². The Morgan fingerprint density at radius 1 is 1.21 bits per heavy atom. The van der Waals surface area contributed by atoms with Gasteiger partial charge < -0.3 is 14.8 Å². The fourth-order valence-corrected chi connectivity index (χ4v) is 2.33. The quantitative estimate of drug-likeness (QED) is 0.848. The van der Waals surface area contributed by atoms with Crippen LogP contribution in [0.1, 0.15) is 31.2 Å². The molecule has 0 aromatic heterocycles. The number of aldehydes is 1. The standard InChI is InChI=1S/C15H19NO3/c17-10-12-6-8-14(9-7-12)16-15(18)19-11-13-4-2-1-3-5-13/h1-5,10,12,14H,6-9,11H2,(H,16,18)/t12-,14-. The molecule has 19 heavy (non-hydrogen) atoms. The molecule has 0 spiro atoms. The molecule has 4 heteroatoms. The van der Waals surface area contributed by atoms with Gasteiger partial charge >= 0.3 is 6.09 Å². The summed E-state index contributed by atoms with van der Waals surface area (Å²) in [6.07, 6.45) is 4.05. The maximum absolute atomic E-state index is 11.6. The Labute approximate surface area is 113 Å². The highest BCUT2D eigenvalue weighted by atomic mass is 16.5. The normalized spacial score (nSPS) is 22.5. The van der Waals surface area contributed by atoms with Crippen LogP contribution >= 0.6 is 0 Å². The zero-order valence-electron chi connectivity index (χ0n) is 10.9. The van der Waals surface area contributed by atoms with Crippen LogP contribution in [0.25, 0.3) is 0 Å². The van der Waals surface area contributed by atoms with Gasteiger partial charge in [0.1, 0.15) is 12.9 Å². The highest BCUT2D eigenvalue weighted by Gasteiger charge is 2.22. The molecule has 0 unspecified atom stereocenters. The van der Waals surface area contributed by atoms with Crippen LogP contribution in [0.3, 0.4) is 0 Å². The average Bonchev–Trinajstić information content (AvgIpc) is 2.47. The monoisotopic (exact) mass is 261 g/mol. The lowest BCUT2D eigenvalue weighted by atomic mass is 9.87. The number of hydrogen-bond donors (Lipinski definition) is 1. The maximum atomic E-state index is 11.6. The minimum Gasteiger partial charge on any atom is -0.445 e. The van der Waals surface area contributed by atoms with Crippen molar-refractivity contribution in [1.82, 2.24) is 5.32 Å². The number of carbonyl (C=O) groups is 2. The third-order valence-electron chi connectivity index (χ3n) is 3.50. The van der Waals surface area contributed by atoms with Gasteiger partial charge in [-0.15, -0.1) is 0 Å². The van der Waals surface area contributed by atoms with Gasteiger partial charge in [-0.2, -0.15) is 0 Å². The molecule has 0 heterocycles. The van der Waals surface area contributed by atoms with E-state index in [9.17, 15) is 9.59 Å². The van der Waals surface area contributed by atoms with E-state index in [2.05, 4.69) is 5.32 Å². The van der Waals surface area contributed by atoms with Crippen LogP contribution in [0.15, 0.2) is 30.3 Å². The molecule has 1 aromatic carbocycles. The van der Waals surface area contributed by atoms with Gasteiger partial charge in [-0.1, -0.05) is 30.3 Å². The minimum atomic E-state index is -0.376. The van der Waals surface area contributed by atoms with Gasteiger partial charge in [-0.3, -0.25) is 0 Å². The smallest absolute Gasteiger partial charge is 0.407 e. The number of nitrogens with one attached hydrogen (secondary N) is 1. The van der Waals surface area contributed by atoms with Crippen molar-refractivity contribution >= 4 is 12.4 Å². The SMILES string of the molecule is O=C[C@H]1CC[C@H](NC(=O)OCc2ccccc2)CC1. The predicted octanol–water partition coefficient (Wildman–Crippen LogP) is 2.67. The van der Waals surface area contributed by atoms with E-state index < -0.39 is 0 Å². The Hall–Kier alpha value is -1.84. The Bertz CT molecular complexity index is 411. The maximum Gasteiger partial charge on any atom is 0.407 e. The van der Waals surface area contributed by atoms with Crippen molar-refractivity contribution in [3.8, 4) is 0 Å². The van der Waals surface area contributed by atoms with Gasteiger partial charge in [0.05, 0.1) is 0 Å². The molecule has 1 aliphatic rings. The van der Waals surface area contributed by atoms with Crippen LogP contribution in [0.4, 0.5) is 4.79 Å². The molecule has 0 bridgehead atoms. The Morgan fingerprint density at radius 3 is 2.53 bits per heavy atom. The van der Waals surface area contributed by atoms with Crippen LogP contribution < -0.4 is 5.32 Å². The molecule has 0 atom stereocenters. The lowest BCUT2D eigenvalue weighted by Crippen LogP contribution is -2.38. The van der Waals surface area contributed by atoms with Gasteiger partial charge in [0.25, 0.3) is 0 Å².